The summed E-state index contributed by atoms with van der Waals surface area (Å²) >= 11 is 0. The van der Waals surface area contributed by atoms with E-state index in [1.165, 1.54) is 19.2 Å². The molecule has 11 heteroatoms. The van der Waals surface area contributed by atoms with E-state index in [0.29, 0.717) is 18.4 Å². The number of hydrogen-bond acceptors (Lipinski definition) is 11. The summed E-state index contributed by atoms with van der Waals surface area (Å²) in [6.45, 7) is 11.2. The lowest BCUT2D eigenvalue weighted by molar-refractivity contribution is -0.147. The number of hydrogen-bond donors (Lipinski definition) is 1. The molecule has 0 saturated carbocycles. The number of esters is 2. The maximum absolute atomic E-state index is 12.4. The molecular weight excluding hydrogens is 510 g/mol. The first-order chi connectivity index (χ1) is 18.5. The molecule has 0 aliphatic carbocycles. The van der Waals surface area contributed by atoms with Gasteiger partial charge in [0, 0.05) is 6.54 Å². The van der Waals surface area contributed by atoms with E-state index in [9.17, 15) is 19.2 Å². The summed E-state index contributed by atoms with van der Waals surface area (Å²) in [4.78, 5) is 48.8. The third-order valence-corrected chi connectivity index (χ3v) is 5.51. The van der Waals surface area contributed by atoms with Crippen LogP contribution in [0.15, 0.2) is 18.2 Å². The number of carbonyl (C=O) groups is 4. The molecule has 0 heterocycles. The molecule has 1 aromatic carbocycles. The van der Waals surface area contributed by atoms with Gasteiger partial charge >= 0.3 is 24.2 Å². The lowest BCUT2D eigenvalue weighted by Crippen LogP contribution is -2.41. The van der Waals surface area contributed by atoms with Crippen LogP contribution in [0.5, 0.6) is 11.5 Å². The highest BCUT2D eigenvalue weighted by molar-refractivity contribution is 5.76. The molecule has 11 nitrogen and oxygen atoms in total. The molecule has 3 atom stereocenters. The first-order valence-corrected chi connectivity index (χ1v) is 13.4. The molecule has 220 valence electrons. The van der Waals surface area contributed by atoms with Crippen molar-refractivity contribution in [3.05, 3.63) is 23.8 Å². The Morgan fingerprint density at radius 1 is 0.821 bits per heavy atom. The van der Waals surface area contributed by atoms with Gasteiger partial charge in [0.2, 0.25) is 0 Å². The lowest BCUT2D eigenvalue weighted by Gasteiger charge is -2.19. The van der Waals surface area contributed by atoms with Gasteiger partial charge in [-0.2, -0.15) is 0 Å². The van der Waals surface area contributed by atoms with Crippen molar-refractivity contribution in [2.24, 2.45) is 5.92 Å². The second-order valence-electron chi connectivity index (χ2n) is 9.48. The number of benzene rings is 1. The minimum absolute atomic E-state index is 0.0456. The van der Waals surface area contributed by atoms with E-state index in [-0.39, 0.29) is 55.2 Å². The van der Waals surface area contributed by atoms with Gasteiger partial charge in [-0.25, -0.2) is 9.59 Å². The van der Waals surface area contributed by atoms with Gasteiger partial charge in [0.25, 0.3) is 0 Å². The van der Waals surface area contributed by atoms with E-state index in [1.807, 2.05) is 13.8 Å². The van der Waals surface area contributed by atoms with Gasteiger partial charge in [-0.1, -0.05) is 46.6 Å². The Morgan fingerprint density at radius 2 is 1.38 bits per heavy atom. The van der Waals surface area contributed by atoms with Gasteiger partial charge < -0.3 is 33.7 Å². The molecule has 1 N–H and O–H groups in total. The smallest absolute Gasteiger partial charge is 0.468 e. The van der Waals surface area contributed by atoms with Crippen molar-refractivity contribution in [1.82, 2.24) is 5.32 Å². The Morgan fingerprint density at radius 3 is 1.90 bits per heavy atom. The molecule has 0 fully saturated rings. The molecule has 0 spiro atoms. The molecule has 0 aromatic heterocycles. The number of rotatable bonds is 16. The quantitative estimate of drug-likeness (QED) is 0.129. The number of carbonyl (C=O) groups excluding carboxylic acids is 4. The molecule has 0 radical (unpaired) electrons. The van der Waals surface area contributed by atoms with E-state index < -0.39 is 24.3 Å². The zero-order valence-corrected chi connectivity index (χ0v) is 24.1. The van der Waals surface area contributed by atoms with Crippen molar-refractivity contribution < 1.29 is 47.6 Å². The van der Waals surface area contributed by atoms with Gasteiger partial charge in [-0.15, -0.1) is 0 Å². The van der Waals surface area contributed by atoms with Crippen LogP contribution >= 0.6 is 0 Å². The summed E-state index contributed by atoms with van der Waals surface area (Å²) < 4.78 is 31.2. The number of methoxy groups -OCH3 is 1. The summed E-state index contributed by atoms with van der Waals surface area (Å²) in [5, 5.41) is 3.00. The van der Waals surface area contributed by atoms with Crippen LogP contribution in [0.4, 0.5) is 9.59 Å². The molecule has 0 saturated heterocycles. The standard InChI is InChI=1S/C28H43NO10/c1-8-10-19(5)36-27(32)38-23-13-12-21(17-24(23)39-28(33)37-20(6)11-9-2)16-22(26(31)34-7)29-14-15-35-25(30)18(3)4/h12-13,17-20,22,29H,8-11,14-16H2,1-7H3/t19?,20?,22-/m0/s1. The summed E-state index contributed by atoms with van der Waals surface area (Å²) in [6.07, 6.45) is 0.488. The minimum Gasteiger partial charge on any atom is -0.468 e. The van der Waals surface area contributed by atoms with Crippen LogP contribution in [-0.4, -0.2) is 62.8 Å². The molecule has 0 amide bonds. The third kappa shape index (κ3) is 13.3. The average Bonchev–Trinajstić information content (AvgIpc) is 2.86. The summed E-state index contributed by atoms with van der Waals surface area (Å²) in [5.74, 6) is -1.25. The fourth-order valence-electron chi connectivity index (χ4n) is 3.50. The van der Waals surface area contributed by atoms with Crippen LogP contribution in [0.25, 0.3) is 0 Å². The topological polar surface area (TPSA) is 136 Å². The molecule has 39 heavy (non-hydrogen) atoms. The Bertz CT molecular complexity index is 933. The first kappa shape index (κ1) is 33.7. The van der Waals surface area contributed by atoms with E-state index >= 15 is 0 Å². The van der Waals surface area contributed by atoms with Gasteiger partial charge in [0.05, 0.1) is 13.0 Å². The average molecular weight is 554 g/mol. The van der Waals surface area contributed by atoms with Crippen molar-refractivity contribution in [2.45, 2.75) is 91.9 Å². The lowest BCUT2D eigenvalue weighted by atomic mass is 10.1. The maximum Gasteiger partial charge on any atom is 0.514 e. The van der Waals surface area contributed by atoms with Gasteiger partial charge in [-0.05, 0) is 50.8 Å². The van der Waals surface area contributed by atoms with E-state index in [4.69, 9.17) is 28.4 Å². The molecule has 2 unspecified atom stereocenters. The van der Waals surface area contributed by atoms with Crippen LogP contribution in [0.2, 0.25) is 0 Å². The zero-order valence-electron chi connectivity index (χ0n) is 24.1. The zero-order chi connectivity index (χ0) is 29.4. The minimum atomic E-state index is -0.958. The van der Waals surface area contributed by atoms with Crippen LogP contribution in [0.3, 0.4) is 0 Å². The first-order valence-electron chi connectivity index (χ1n) is 13.4. The highest BCUT2D eigenvalue weighted by atomic mass is 16.7. The van der Waals surface area contributed by atoms with Crippen LogP contribution in [-0.2, 0) is 35.0 Å². The normalized spacial score (nSPS) is 13.1. The monoisotopic (exact) mass is 553 g/mol. The largest absolute Gasteiger partial charge is 0.514 e. The van der Waals surface area contributed by atoms with E-state index in [0.717, 1.165) is 12.8 Å². The summed E-state index contributed by atoms with van der Waals surface area (Å²) in [7, 11) is 1.26. The number of nitrogens with one attached hydrogen (secondary N) is 1. The molecule has 1 aromatic rings. The Kier molecular flexibility index (Phi) is 15.6. The molecular formula is C28H43NO10. The molecule has 0 aliphatic heterocycles. The van der Waals surface area contributed by atoms with Crippen molar-refractivity contribution in [1.29, 1.82) is 0 Å². The van der Waals surface area contributed by atoms with Crippen LogP contribution in [0, 0.1) is 5.92 Å². The van der Waals surface area contributed by atoms with E-state index in [2.05, 4.69) is 5.32 Å². The second-order valence-corrected chi connectivity index (χ2v) is 9.48. The summed E-state index contributed by atoms with van der Waals surface area (Å²) in [6, 6.07) is 3.74. The van der Waals surface area contributed by atoms with Crippen LogP contribution < -0.4 is 14.8 Å². The number of ether oxygens (including phenoxy) is 6. The van der Waals surface area contributed by atoms with Crippen LogP contribution in [0.1, 0.15) is 72.8 Å². The third-order valence-electron chi connectivity index (χ3n) is 5.51. The molecule has 0 aliphatic rings. The van der Waals surface area contributed by atoms with Gasteiger partial charge in [0.15, 0.2) is 11.5 Å². The SMILES string of the molecule is CCCC(C)OC(=O)Oc1ccc(C[C@H](NCCOC(=O)C(C)C)C(=O)OC)cc1OC(=O)OC(C)CCC. The fourth-order valence-corrected chi connectivity index (χ4v) is 3.50. The Labute approximate surface area is 230 Å². The summed E-state index contributed by atoms with van der Waals surface area (Å²) in [5.41, 5.74) is 0.571. The van der Waals surface area contributed by atoms with Crippen molar-refractivity contribution in [3.63, 3.8) is 0 Å². The van der Waals surface area contributed by atoms with Crippen molar-refractivity contribution in [2.75, 3.05) is 20.3 Å². The Hall–Kier alpha value is -3.34. The van der Waals surface area contributed by atoms with E-state index in [1.54, 1.807) is 33.8 Å². The van der Waals surface area contributed by atoms with Crippen molar-refractivity contribution in [3.8, 4) is 11.5 Å². The molecule has 1 rings (SSSR count). The van der Waals surface area contributed by atoms with Gasteiger partial charge in [-0.3, -0.25) is 9.59 Å². The van der Waals surface area contributed by atoms with Crippen molar-refractivity contribution >= 4 is 24.2 Å². The predicted molar refractivity (Wildman–Crippen MR) is 143 cm³/mol. The molecule has 0 bridgehead atoms. The highest BCUT2D eigenvalue weighted by Crippen LogP contribution is 2.30. The predicted octanol–water partition coefficient (Wildman–Crippen LogP) is 4.97. The Balaban J connectivity index is 3.07. The highest BCUT2D eigenvalue weighted by Gasteiger charge is 2.23. The fraction of sp³-hybridized carbons (Fsp3) is 0.643. The second kappa shape index (κ2) is 18.0. The maximum atomic E-state index is 12.4. The van der Waals surface area contributed by atoms with Gasteiger partial charge in [0.1, 0.15) is 24.9 Å².